The lowest BCUT2D eigenvalue weighted by Crippen LogP contribution is -2.21. The average Bonchev–Trinajstić information content (AvgIpc) is 2.77. The van der Waals surface area contributed by atoms with Gasteiger partial charge in [-0.1, -0.05) is 46.5 Å². The van der Waals surface area contributed by atoms with Crippen LogP contribution in [0.3, 0.4) is 0 Å². The minimum Gasteiger partial charge on any atom is -0.152 e. The second kappa shape index (κ2) is 6.32. The fraction of sp³-hybridized carbons (Fsp3) is 0.714. The number of hydrogen-bond acceptors (Lipinski definition) is 1. The molecule has 0 radical (unpaired) electrons. The molecule has 0 aliphatic rings. The SMILES string of the molecule is CCCCC(C)(CCCC)c1ccsc1. The van der Waals surface area contributed by atoms with Crippen molar-refractivity contribution in [1.82, 2.24) is 0 Å². The molecular weight excluding hydrogens is 200 g/mol. The molecule has 0 spiro atoms. The monoisotopic (exact) mass is 224 g/mol. The van der Waals surface area contributed by atoms with Gasteiger partial charge in [-0.25, -0.2) is 0 Å². The number of unbranched alkanes of at least 4 members (excludes halogenated alkanes) is 2. The zero-order valence-electron chi connectivity index (χ0n) is 10.4. The first-order valence-electron chi connectivity index (χ1n) is 6.25. The summed E-state index contributed by atoms with van der Waals surface area (Å²) in [4.78, 5) is 0. The molecule has 0 aliphatic carbocycles. The van der Waals surface area contributed by atoms with E-state index in [1.807, 2.05) is 11.3 Å². The Hall–Kier alpha value is -0.300. The van der Waals surface area contributed by atoms with Crippen molar-refractivity contribution < 1.29 is 0 Å². The van der Waals surface area contributed by atoms with Gasteiger partial charge in [-0.2, -0.15) is 11.3 Å². The van der Waals surface area contributed by atoms with Gasteiger partial charge in [0.2, 0.25) is 0 Å². The van der Waals surface area contributed by atoms with Crippen LogP contribution in [0.5, 0.6) is 0 Å². The molecule has 0 nitrogen and oxygen atoms in total. The molecule has 1 rings (SSSR count). The predicted molar refractivity (Wildman–Crippen MR) is 70.7 cm³/mol. The first kappa shape index (κ1) is 12.8. The summed E-state index contributed by atoms with van der Waals surface area (Å²) in [5, 5.41) is 4.55. The van der Waals surface area contributed by atoms with E-state index in [0.717, 1.165) is 0 Å². The molecule has 15 heavy (non-hydrogen) atoms. The lowest BCUT2D eigenvalue weighted by Gasteiger charge is -2.29. The van der Waals surface area contributed by atoms with E-state index in [9.17, 15) is 0 Å². The van der Waals surface area contributed by atoms with E-state index in [-0.39, 0.29) is 0 Å². The van der Waals surface area contributed by atoms with E-state index in [1.54, 1.807) is 5.56 Å². The lowest BCUT2D eigenvalue weighted by atomic mass is 9.76. The summed E-state index contributed by atoms with van der Waals surface area (Å²) in [5.41, 5.74) is 2.00. The summed E-state index contributed by atoms with van der Waals surface area (Å²) in [5.74, 6) is 0. The molecule has 0 aromatic carbocycles. The van der Waals surface area contributed by atoms with Crippen LogP contribution in [0.2, 0.25) is 0 Å². The van der Waals surface area contributed by atoms with Crippen LogP contribution < -0.4 is 0 Å². The van der Waals surface area contributed by atoms with Crippen molar-refractivity contribution in [2.45, 2.75) is 64.7 Å². The molecule has 0 atom stereocenters. The van der Waals surface area contributed by atoms with Gasteiger partial charge in [0.05, 0.1) is 0 Å². The minimum absolute atomic E-state index is 0.437. The molecule has 0 bridgehead atoms. The summed E-state index contributed by atoms with van der Waals surface area (Å²) in [6, 6.07) is 2.32. The van der Waals surface area contributed by atoms with Crippen LogP contribution in [0, 0.1) is 0 Å². The van der Waals surface area contributed by atoms with E-state index in [2.05, 4.69) is 37.6 Å². The quantitative estimate of drug-likeness (QED) is 0.583. The number of rotatable bonds is 7. The Morgan fingerprint density at radius 3 is 2.13 bits per heavy atom. The van der Waals surface area contributed by atoms with Crippen molar-refractivity contribution in [3.05, 3.63) is 22.4 Å². The zero-order valence-corrected chi connectivity index (χ0v) is 11.2. The standard InChI is InChI=1S/C14H24S/c1-4-6-9-14(3,10-7-5-2)13-8-11-15-12-13/h8,11-12H,4-7,9-10H2,1-3H3. The van der Waals surface area contributed by atoms with E-state index in [4.69, 9.17) is 0 Å². The minimum atomic E-state index is 0.437. The third kappa shape index (κ3) is 3.64. The Bertz CT molecular complexity index is 240. The van der Waals surface area contributed by atoms with Crippen LogP contribution in [0.15, 0.2) is 16.8 Å². The molecule has 0 saturated carbocycles. The van der Waals surface area contributed by atoms with Crippen LogP contribution in [0.1, 0.15) is 64.9 Å². The lowest BCUT2D eigenvalue weighted by molar-refractivity contribution is 0.375. The van der Waals surface area contributed by atoms with Crippen LogP contribution in [-0.2, 0) is 5.41 Å². The van der Waals surface area contributed by atoms with E-state index < -0.39 is 0 Å². The highest BCUT2D eigenvalue weighted by Gasteiger charge is 2.25. The average molecular weight is 224 g/mol. The first-order chi connectivity index (χ1) is 7.23. The van der Waals surface area contributed by atoms with Gasteiger partial charge in [0.15, 0.2) is 0 Å². The Labute approximate surface area is 98.7 Å². The Morgan fingerprint density at radius 2 is 1.73 bits per heavy atom. The fourth-order valence-electron chi connectivity index (χ4n) is 2.16. The van der Waals surface area contributed by atoms with Gasteiger partial charge in [0.25, 0.3) is 0 Å². The maximum atomic E-state index is 2.44. The molecule has 0 fully saturated rings. The van der Waals surface area contributed by atoms with Crippen molar-refractivity contribution >= 4 is 11.3 Å². The van der Waals surface area contributed by atoms with Crippen LogP contribution >= 0.6 is 11.3 Å². The second-order valence-electron chi connectivity index (χ2n) is 4.78. The Kier molecular flexibility index (Phi) is 5.38. The van der Waals surface area contributed by atoms with Crippen molar-refractivity contribution in [1.29, 1.82) is 0 Å². The number of thiophene rings is 1. The largest absolute Gasteiger partial charge is 0.152 e. The Morgan fingerprint density at radius 1 is 1.13 bits per heavy atom. The molecule has 0 N–H and O–H groups in total. The van der Waals surface area contributed by atoms with Crippen LogP contribution in [0.25, 0.3) is 0 Å². The topological polar surface area (TPSA) is 0 Å². The molecule has 0 saturated heterocycles. The highest BCUT2D eigenvalue weighted by atomic mass is 32.1. The second-order valence-corrected chi connectivity index (χ2v) is 5.56. The molecule has 86 valence electrons. The summed E-state index contributed by atoms with van der Waals surface area (Å²) < 4.78 is 0. The summed E-state index contributed by atoms with van der Waals surface area (Å²) in [7, 11) is 0. The molecule has 1 heterocycles. The van der Waals surface area contributed by atoms with E-state index in [1.165, 1.54) is 38.5 Å². The van der Waals surface area contributed by atoms with Gasteiger partial charge < -0.3 is 0 Å². The summed E-state index contributed by atoms with van der Waals surface area (Å²) in [6.07, 6.45) is 8.03. The summed E-state index contributed by atoms with van der Waals surface area (Å²) in [6.45, 7) is 7.02. The molecule has 0 amide bonds. The van der Waals surface area contributed by atoms with Gasteiger partial charge in [0.1, 0.15) is 0 Å². The normalized spacial score (nSPS) is 11.9. The maximum absolute atomic E-state index is 2.44. The zero-order chi connectivity index (χ0) is 11.1. The molecule has 1 aromatic rings. The van der Waals surface area contributed by atoms with Crippen LogP contribution in [0.4, 0.5) is 0 Å². The third-order valence-corrected chi connectivity index (χ3v) is 4.07. The molecule has 1 aromatic heterocycles. The highest BCUT2D eigenvalue weighted by Crippen LogP contribution is 2.35. The first-order valence-corrected chi connectivity index (χ1v) is 7.20. The van der Waals surface area contributed by atoms with Crippen molar-refractivity contribution in [2.24, 2.45) is 0 Å². The van der Waals surface area contributed by atoms with E-state index in [0.29, 0.717) is 5.41 Å². The number of hydrogen-bond donors (Lipinski definition) is 0. The molecule has 1 heteroatoms. The van der Waals surface area contributed by atoms with Crippen LogP contribution in [-0.4, -0.2) is 0 Å². The molecule has 0 aliphatic heterocycles. The highest BCUT2D eigenvalue weighted by molar-refractivity contribution is 7.08. The van der Waals surface area contributed by atoms with Gasteiger partial charge in [0, 0.05) is 0 Å². The fourth-order valence-corrected chi connectivity index (χ4v) is 2.97. The smallest absolute Gasteiger partial charge is 0.00557 e. The van der Waals surface area contributed by atoms with Gasteiger partial charge in [-0.15, -0.1) is 0 Å². The molecular formula is C14H24S. The van der Waals surface area contributed by atoms with E-state index >= 15 is 0 Å². The molecule has 0 unspecified atom stereocenters. The maximum Gasteiger partial charge on any atom is -0.00557 e. The van der Waals surface area contributed by atoms with Gasteiger partial charge in [-0.3, -0.25) is 0 Å². The third-order valence-electron chi connectivity index (χ3n) is 3.38. The predicted octanol–water partition coefficient (Wildman–Crippen LogP) is 5.39. The summed E-state index contributed by atoms with van der Waals surface area (Å²) >= 11 is 1.83. The van der Waals surface area contributed by atoms with Gasteiger partial charge in [-0.05, 0) is 40.6 Å². The van der Waals surface area contributed by atoms with Crippen molar-refractivity contribution in [2.75, 3.05) is 0 Å². The Balaban J connectivity index is 2.67. The van der Waals surface area contributed by atoms with Crippen molar-refractivity contribution in [3.8, 4) is 0 Å². The van der Waals surface area contributed by atoms with Crippen molar-refractivity contribution in [3.63, 3.8) is 0 Å². The van der Waals surface area contributed by atoms with Gasteiger partial charge >= 0.3 is 0 Å².